The molecule has 9 heteroatoms. The first-order valence-electron chi connectivity index (χ1n) is 10.4. The molecule has 30 heavy (non-hydrogen) atoms. The van der Waals surface area contributed by atoms with Crippen molar-refractivity contribution in [3.05, 3.63) is 35.8 Å². The SMILES string of the molecule is CCn1cc(CN(C)C(=O)c2cnc3c(c2)N(CC2CCOCC2)C(=O)CN3)cn1. The van der Waals surface area contributed by atoms with Gasteiger partial charge in [-0.15, -0.1) is 0 Å². The summed E-state index contributed by atoms with van der Waals surface area (Å²) in [4.78, 5) is 33.5. The number of aromatic nitrogens is 3. The number of fused-ring (bicyclic) bond motifs is 1. The summed E-state index contributed by atoms with van der Waals surface area (Å²) in [6.45, 7) is 5.57. The molecular formula is C21H28N6O3. The van der Waals surface area contributed by atoms with Crippen molar-refractivity contribution in [3.63, 3.8) is 0 Å². The van der Waals surface area contributed by atoms with E-state index in [1.807, 2.05) is 17.8 Å². The van der Waals surface area contributed by atoms with Crippen LogP contribution < -0.4 is 10.2 Å². The number of rotatable bonds is 6. The third-order valence-electron chi connectivity index (χ3n) is 5.67. The highest BCUT2D eigenvalue weighted by molar-refractivity contribution is 6.04. The second-order valence-corrected chi connectivity index (χ2v) is 7.87. The van der Waals surface area contributed by atoms with E-state index in [-0.39, 0.29) is 18.4 Å². The average Bonchev–Trinajstić information content (AvgIpc) is 3.23. The molecule has 4 rings (SSSR count). The van der Waals surface area contributed by atoms with Gasteiger partial charge in [0.2, 0.25) is 5.91 Å². The van der Waals surface area contributed by atoms with Gasteiger partial charge in [-0.25, -0.2) is 4.98 Å². The standard InChI is InChI=1S/C21H28N6O3/c1-3-26-13-16(9-24-26)12-25(2)21(29)17-8-18-20(22-10-17)23-11-19(28)27(18)14-15-4-6-30-7-5-15/h8-10,13,15H,3-7,11-12,14H2,1-2H3,(H,22,23). The molecule has 0 bridgehead atoms. The Hall–Kier alpha value is -2.94. The van der Waals surface area contributed by atoms with E-state index in [4.69, 9.17) is 4.74 Å². The van der Waals surface area contributed by atoms with Crippen molar-refractivity contribution < 1.29 is 14.3 Å². The van der Waals surface area contributed by atoms with Crippen molar-refractivity contribution in [1.29, 1.82) is 0 Å². The summed E-state index contributed by atoms with van der Waals surface area (Å²) < 4.78 is 7.27. The van der Waals surface area contributed by atoms with Gasteiger partial charge in [-0.3, -0.25) is 14.3 Å². The van der Waals surface area contributed by atoms with E-state index in [1.54, 1.807) is 35.3 Å². The van der Waals surface area contributed by atoms with Crippen molar-refractivity contribution in [3.8, 4) is 0 Å². The number of carbonyl (C=O) groups is 2. The van der Waals surface area contributed by atoms with Gasteiger partial charge in [0.25, 0.3) is 5.91 Å². The molecule has 1 saturated heterocycles. The summed E-state index contributed by atoms with van der Waals surface area (Å²) in [5, 5.41) is 7.32. The molecule has 0 radical (unpaired) electrons. The number of nitrogens with zero attached hydrogens (tertiary/aromatic N) is 5. The Morgan fingerprint density at radius 1 is 1.33 bits per heavy atom. The zero-order chi connectivity index (χ0) is 21.1. The maximum absolute atomic E-state index is 13.0. The number of pyridine rings is 1. The fourth-order valence-corrected chi connectivity index (χ4v) is 3.92. The first-order valence-corrected chi connectivity index (χ1v) is 10.4. The minimum Gasteiger partial charge on any atom is -0.381 e. The van der Waals surface area contributed by atoms with Gasteiger partial charge in [-0.05, 0) is 31.7 Å². The van der Waals surface area contributed by atoms with E-state index >= 15 is 0 Å². The van der Waals surface area contributed by atoms with Gasteiger partial charge in [0.05, 0.1) is 24.0 Å². The highest BCUT2D eigenvalue weighted by Gasteiger charge is 2.29. The molecular weight excluding hydrogens is 384 g/mol. The van der Waals surface area contributed by atoms with Crippen LogP contribution in [0.2, 0.25) is 0 Å². The summed E-state index contributed by atoms with van der Waals surface area (Å²) in [5.41, 5.74) is 2.11. The third kappa shape index (κ3) is 4.30. The van der Waals surface area contributed by atoms with Gasteiger partial charge in [-0.1, -0.05) is 0 Å². The lowest BCUT2D eigenvalue weighted by Crippen LogP contribution is -2.44. The predicted octanol–water partition coefficient (Wildman–Crippen LogP) is 1.76. The molecule has 0 aliphatic carbocycles. The normalized spacial score (nSPS) is 16.9. The van der Waals surface area contributed by atoms with E-state index in [0.29, 0.717) is 36.1 Å². The second kappa shape index (κ2) is 8.83. The number of hydrogen-bond donors (Lipinski definition) is 1. The van der Waals surface area contributed by atoms with Gasteiger partial charge >= 0.3 is 0 Å². The largest absolute Gasteiger partial charge is 0.381 e. The molecule has 0 saturated carbocycles. The minimum atomic E-state index is -0.140. The first-order chi connectivity index (χ1) is 14.5. The van der Waals surface area contributed by atoms with Crippen LogP contribution in [-0.2, 0) is 22.6 Å². The Morgan fingerprint density at radius 3 is 2.87 bits per heavy atom. The fraction of sp³-hybridized carbons (Fsp3) is 0.524. The van der Waals surface area contributed by atoms with Gasteiger partial charge in [-0.2, -0.15) is 5.10 Å². The third-order valence-corrected chi connectivity index (χ3v) is 5.67. The molecule has 1 fully saturated rings. The topological polar surface area (TPSA) is 92.6 Å². The Bertz CT molecular complexity index is 921. The smallest absolute Gasteiger partial charge is 0.255 e. The van der Waals surface area contributed by atoms with Gasteiger partial charge < -0.3 is 19.9 Å². The quantitative estimate of drug-likeness (QED) is 0.777. The zero-order valence-electron chi connectivity index (χ0n) is 17.5. The molecule has 2 amide bonds. The van der Waals surface area contributed by atoms with Crippen LogP contribution >= 0.6 is 0 Å². The summed E-state index contributed by atoms with van der Waals surface area (Å²) in [6, 6.07) is 1.78. The first kappa shape index (κ1) is 20.3. The highest BCUT2D eigenvalue weighted by Crippen LogP contribution is 2.31. The Kier molecular flexibility index (Phi) is 5.98. The molecule has 9 nitrogen and oxygen atoms in total. The van der Waals surface area contributed by atoms with Crippen LogP contribution in [0.4, 0.5) is 11.5 Å². The maximum atomic E-state index is 13.0. The molecule has 2 aliphatic heterocycles. The number of ether oxygens (including phenoxy) is 1. The van der Waals surface area contributed by atoms with Crippen molar-refractivity contribution in [2.75, 3.05) is 43.6 Å². The number of hydrogen-bond acceptors (Lipinski definition) is 6. The van der Waals surface area contributed by atoms with E-state index in [0.717, 1.165) is 38.2 Å². The van der Waals surface area contributed by atoms with Crippen LogP contribution in [0.1, 0.15) is 35.7 Å². The van der Waals surface area contributed by atoms with Crippen molar-refractivity contribution in [2.45, 2.75) is 32.9 Å². The van der Waals surface area contributed by atoms with E-state index in [9.17, 15) is 9.59 Å². The highest BCUT2D eigenvalue weighted by atomic mass is 16.5. The van der Waals surface area contributed by atoms with E-state index in [2.05, 4.69) is 15.4 Å². The number of aryl methyl sites for hydroxylation is 1. The average molecular weight is 412 g/mol. The molecule has 0 aromatic carbocycles. The number of nitrogens with one attached hydrogen (secondary N) is 1. The lowest BCUT2D eigenvalue weighted by Gasteiger charge is -2.34. The summed E-state index contributed by atoms with van der Waals surface area (Å²) >= 11 is 0. The monoisotopic (exact) mass is 412 g/mol. The lowest BCUT2D eigenvalue weighted by molar-refractivity contribution is -0.117. The Balaban J connectivity index is 1.52. The number of amides is 2. The molecule has 160 valence electrons. The van der Waals surface area contributed by atoms with Crippen LogP contribution in [0.5, 0.6) is 0 Å². The molecule has 0 unspecified atom stereocenters. The maximum Gasteiger partial charge on any atom is 0.255 e. The fourth-order valence-electron chi connectivity index (χ4n) is 3.92. The van der Waals surface area contributed by atoms with Crippen LogP contribution in [0, 0.1) is 5.92 Å². The lowest BCUT2D eigenvalue weighted by atomic mass is 9.99. The van der Waals surface area contributed by atoms with Crippen molar-refractivity contribution in [1.82, 2.24) is 19.7 Å². The number of anilines is 2. The van der Waals surface area contributed by atoms with Crippen molar-refractivity contribution in [2.24, 2.45) is 5.92 Å². The minimum absolute atomic E-state index is 0.000671. The van der Waals surface area contributed by atoms with Crippen LogP contribution in [0.3, 0.4) is 0 Å². The molecule has 2 aliphatic rings. The zero-order valence-corrected chi connectivity index (χ0v) is 17.5. The van der Waals surface area contributed by atoms with Gasteiger partial charge in [0.15, 0.2) is 0 Å². The van der Waals surface area contributed by atoms with Gasteiger partial charge in [0.1, 0.15) is 5.82 Å². The molecule has 4 heterocycles. The molecule has 0 atom stereocenters. The molecule has 0 spiro atoms. The van der Waals surface area contributed by atoms with Crippen molar-refractivity contribution >= 4 is 23.3 Å². The summed E-state index contributed by atoms with van der Waals surface area (Å²) in [6.07, 6.45) is 7.16. The number of carbonyl (C=O) groups excluding carboxylic acids is 2. The Labute approximate surface area is 176 Å². The molecule has 2 aromatic heterocycles. The van der Waals surface area contributed by atoms with Gasteiger partial charge in [0, 0.05) is 57.9 Å². The molecule has 2 aromatic rings. The predicted molar refractivity (Wildman–Crippen MR) is 112 cm³/mol. The second-order valence-electron chi connectivity index (χ2n) is 7.87. The van der Waals surface area contributed by atoms with Crippen LogP contribution in [0.15, 0.2) is 24.7 Å². The van der Waals surface area contributed by atoms with E-state index in [1.165, 1.54) is 0 Å². The summed E-state index contributed by atoms with van der Waals surface area (Å²) in [5.74, 6) is 0.898. The molecule has 1 N–H and O–H groups in total. The Morgan fingerprint density at radius 2 is 2.13 bits per heavy atom. The summed E-state index contributed by atoms with van der Waals surface area (Å²) in [7, 11) is 1.76. The van der Waals surface area contributed by atoms with Crippen LogP contribution in [0.25, 0.3) is 0 Å². The van der Waals surface area contributed by atoms with E-state index < -0.39 is 0 Å². The van der Waals surface area contributed by atoms with Crippen LogP contribution in [-0.4, -0.2) is 64.8 Å².